The third kappa shape index (κ3) is 4.78. The monoisotopic (exact) mass is 328 g/mol. The van der Waals surface area contributed by atoms with Crippen LogP contribution < -0.4 is 5.32 Å². The van der Waals surface area contributed by atoms with Crippen LogP contribution in [0.1, 0.15) is 38.8 Å². The molecule has 2 N–H and O–H groups in total. The first-order chi connectivity index (χ1) is 10.2. The number of aliphatic hydroxyl groups is 1. The fraction of sp³-hybridized carbons (Fsp3) is 0.625. The molecule has 0 amide bonds. The molecule has 0 aliphatic heterocycles. The van der Waals surface area contributed by atoms with Gasteiger partial charge in [0.2, 0.25) is 10.0 Å². The summed E-state index contributed by atoms with van der Waals surface area (Å²) in [6.07, 6.45) is 0.565. The highest BCUT2D eigenvalue weighted by Gasteiger charge is 2.18. The van der Waals surface area contributed by atoms with Gasteiger partial charge in [0.05, 0.1) is 11.0 Å². The number of nitrogens with one attached hydrogen (secondary N) is 1. The van der Waals surface area contributed by atoms with Crippen LogP contribution in [0, 0.1) is 5.92 Å². The third-order valence-electron chi connectivity index (χ3n) is 4.09. The molecule has 0 aliphatic rings. The summed E-state index contributed by atoms with van der Waals surface area (Å²) >= 11 is 0. The Hall–Kier alpha value is -0.950. The molecule has 0 heterocycles. The summed E-state index contributed by atoms with van der Waals surface area (Å²) in [6, 6.07) is 6.91. The topological polar surface area (TPSA) is 69.6 Å². The highest BCUT2D eigenvalue weighted by molar-refractivity contribution is 7.89. The lowest BCUT2D eigenvalue weighted by Gasteiger charge is -2.21. The molecule has 0 saturated heterocycles. The molecule has 0 bridgehead atoms. The van der Waals surface area contributed by atoms with Crippen LogP contribution in [0.15, 0.2) is 29.2 Å². The minimum atomic E-state index is -3.39. The van der Waals surface area contributed by atoms with Gasteiger partial charge in [-0.25, -0.2) is 12.7 Å². The van der Waals surface area contributed by atoms with E-state index < -0.39 is 10.0 Å². The van der Waals surface area contributed by atoms with Crippen molar-refractivity contribution in [2.45, 2.75) is 44.2 Å². The Balaban J connectivity index is 2.71. The van der Waals surface area contributed by atoms with Crippen LogP contribution in [0.5, 0.6) is 0 Å². The molecule has 0 fully saturated rings. The molecule has 0 aliphatic carbocycles. The summed E-state index contributed by atoms with van der Waals surface area (Å²) in [7, 11) is -0.352. The first kappa shape index (κ1) is 19.1. The number of hydrogen-bond acceptors (Lipinski definition) is 4. The lowest BCUT2D eigenvalue weighted by Crippen LogP contribution is -2.33. The first-order valence-corrected chi connectivity index (χ1v) is 9.08. The van der Waals surface area contributed by atoms with Gasteiger partial charge in [0.1, 0.15) is 0 Å². The lowest BCUT2D eigenvalue weighted by molar-refractivity contribution is 0.110. The van der Waals surface area contributed by atoms with Crippen molar-refractivity contribution in [3.8, 4) is 0 Å². The zero-order chi connectivity index (χ0) is 16.9. The Labute approximate surface area is 134 Å². The summed E-state index contributed by atoms with van der Waals surface area (Å²) < 4.78 is 25.2. The molecule has 0 saturated carbocycles. The molecule has 0 radical (unpaired) electrons. The normalized spacial score (nSPS) is 16.5. The van der Waals surface area contributed by atoms with Gasteiger partial charge in [0.15, 0.2) is 0 Å². The van der Waals surface area contributed by atoms with Gasteiger partial charge in [-0.2, -0.15) is 0 Å². The minimum Gasteiger partial charge on any atom is -0.392 e. The molecule has 0 aromatic heterocycles. The van der Waals surface area contributed by atoms with Crippen molar-refractivity contribution in [1.29, 1.82) is 0 Å². The molecule has 1 aromatic carbocycles. The van der Waals surface area contributed by atoms with Crippen LogP contribution in [0.4, 0.5) is 0 Å². The van der Waals surface area contributed by atoms with E-state index in [2.05, 4.69) is 12.2 Å². The Bertz CT molecular complexity index is 555. The van der Waals surface area contributed by atoms with E-state index in [4.69, 9.17) is 0 Å². The van der Waals surface area contributed by atoms with Crippen molar-refractivity contribution < 1.29 is 13.5 Å². The number of benzene rings is 1. The van der Waals surface area contributed by atoms with Crippen molar-refractivity contribution in [3.05, 3.63) is 29.8 Å². The Kier molecular flexibility index (Phi) is 6.99. The second-order valence-corrected chi connectivity index (χ2v) is 8.09. The Morgan fingerprint density at radius 3 is 2.18 bits per heavy atom. The number of sulfonamides is 1. The fourth-order valence-electron chi connectivity index (χ4n) is 2.03. The van der Waals surface area contributed by atoms with E-state index in [0.29, 0.717) is 6.54 Å². The number of nitrogens with zero attached hydrogens (tertiary/aromatic N) is 1. The molecular formula is C16H28N2O3S. The summed E-state index contributed by atoms with van der Waals surface area (Å²) in [6.45, 7) is 6.60. The maximum absolute atomic E-state index is 12.0. The van der Waals surface area contributed by atoms with Crippen LogP contribution in [-0.2, 0) is 10.0 Å². The summed E-state index contributed by atoms with van der Waals surface area (Å²) in [5.74, 6) is 0.257. The van der Waals surface area contributed by atoms with Gasteiger partial charge in [0.25, 0.3) is 0 Å². The van der Waals surface area contributed by atoms with E-state index in [1.54, 1.807) is 12.1 Å². The summed E-state index contributed by atoms with van der Waals surface area (Å²) in [5.41, 5.74) is 0.994. The van der Waals surface area contributed by atoms with E-state index in [9.17, 15) is 13.5 Å². The highest BCUT2D eigenvalue weighted by atomic mass is 32.2. The average Bonchev–Trinajstić information content (AvgIpc) is 2.51. The molecule has 6 heteroatoms. The van der Waals surface area contributed by atoms with Crippen LogP contribution in [0.2, 0.25) is 0 Å². The minimum absolute atomic E-state index is 0.0508. The summed E-state index contributed by atoms with van der Waals surface area (Å²) in [5, 5.41) is 13.3. The van der Waals surface area contributed by atoms with E-state index in [1.807, 2.05) is 26.0 Å². The molecule has 5 nitrogen and oxygen atoms in total. The van der Waals surface area contributed by atoms with Crippen LogP contribution in [0.25, 0.3) is 0 Å². The average molecular weight is 328 g/mol. The van der Waals surface area contributed by atoms with Gasteiger partial charge in [-0.05, 0) is 30.5 Å². The van der Waals surface area contributed by atoms with E-state index in [0.717, 1.165) is 12.0 Å². The number of rotatable bonds is 8. The van der Waals surface area contributed by atoms with Gasteiger partial charge in [-0.15, -0.1) is 0 Å². The van der Waals surface area contributed by atoms with Crippen molar-refractivity contribution in [2.75, 3.05) is 20.6 Å². The van der Waals surface area contributed by atoms with Crippen LogP contribution in [-0.4, -0.2) is 44.6 Å². The summed E-state index contributed by atoms with van der Waals surface area (Å²) in [4.78, 5) is 0.285. The van der Waals surface area contributed by atoms with E-state index in [-0.39, 0.29) is 23.0 Å². The smallest absolute Gasteiger partial charge is 0.242 e. The van der Waals surface area contributed by atoms with Gasteiger partial charge in [0, 0.05) is 26.7 Å². The van der Waals surface area contributed by atoms with Gasteiger partial charge >= 0.3 is 0 Å². The number of hydrogen-bond donors (Lipinski definition) is 2. The van der Waals surface area contributed by atoms with Crippen molar-refractivity contribution >= 4 is 10.0 Å². The zero-order valence-electron chi connectivity index (χ0n) is 14.1. The molecule has 3 atom stereocenters. The Morgan fingerprint density at radius 2 is 1.73 bits per heavy atom. The molecule has 22 heavy (non-hydrogen) atoms. The highest BCUT2D eigenvalue weighted by Crippen LogP contribution is 2.18. The molecule has 1 rings (SSSR count). The standard InChI is InChI=1S/C16H28N2O3S/c1-6-12(2)16(19)11-17-13(3)14-7-9-15(10-8-14)22(20,21)18(4)5/h7-10,12-13,16-17,19H,6,11H2,1-5H3. The van der Waals surface area contributed by atoms with Crippen LogP contribution in [0.3, 0.4) is 0 Å². The molecule has 3 unspecified atom stereocenters. The van der Waals surface area contributed by atoms with Crippen molar-refractivity contribution in [3.63, 3.8) is 0 Å². The van der Waals surface area contributed by atoms with Gasteiger partial charge < -0.3 is 10.4 Å². The van der Waals surface area contributed by atoms with Gasteiger partial charge in [-0.1, -0.05) is 32.4 Å². The number of aliphatic hydroxyl groups excluding tert-OH is 1. The van der Waals surface area contributed by atoms with Crippen molar-refractivity contribution in [2.24, 2.45) is 5.92 Å². The lowest BCUT2D eigenvalue weighted by atomic mass is 10.0. The molecule has 1 aromatic rings. The largest absolute Gasteiger partial charge is 0.392 e. The second kappa shape index (κ2) is 8.06. The van der Waals surface area contributed by atoms with Crippen LogP contribution >= 0.6 is 0 Å². The first-order valence-electron chi connectivity index (χ1n) is 7.64. The predicted octanol–water partition coefficient (Wildman–Crippen LogP) is 1.99. The molecule has 126 valence electrons. The SMILES string of the molecule is CCC(C)C(O)CNC(C)c1ccc(S(=O)(=O)N(C)C)cc1. The van der Waals surface area contributed by atoms with Gasteiger partial charge in [-0.3, -0.25) is 0 Å². The van der Waals surface area contributed by atoms with E-state index in [1.165, 1.54) is 18.4 Å². The van der Waals surface area contributed by atoms with E-state index >= 15 is 0 Å². The maximum atomic E-state index is 12.0. The second-order valence-electron chi connectivity index (χ2n) is 5.94. The quantitative estimate of drug-likeness (QED) is 0.766. The fourth-order valence-corrected chi connectivity index (χ4v) is 2.93. The maximum Gasteiger partial charge on any atom is 0.242 e. The van der Waals surface area contributed by atoms with Crippen molar-refractivity contribution in [1.82, 2.24) is 9.62 Å². The molecule has 0 spiro atoms. The molecular weight excluding hydrogens is 300 g/mol. The predicted molar refractivity (Wildman–Crippen MR) is 89.2 cm³/mol. The third-order valence-corrected chi connectivity index (χ3v) is 5.92. The zero-order valence-corrected chi connectivity index (χ0v) is 14.9. The Morgan fingerprint density at radius 1 is 1.18 bits per heavy atom.